The van der Waals surface area contributed by atoms with Gasteiger partial charge in [0.05, 0.1) is 70.8 Å². The minimum absolute atomic E-state index is 0. The van der Waals surface area contributed by atoms with Gasteiger partial charge in [-0.15, -0.1) is 0 Å². The van der Waals surface area contributed by atoms with Crippen LogP contribution in [-0.4, -0.2) is 106 Å². The van der Waals surface area contributed by atoms with Crippen LogP contribution >= 0.6 is 0 Å². The number of aryl methyl sites for hydroxylation is 1. The van der Waals surface area contributed by atoms with Crippen molar-refractivity contribution < 1.29 is 120 Å². The van der Waals surface area contributed by atoms with Crippen LogP contribution in [0.2, 0.25) is 0 Å². The Kier molecular flexibility index (Phi) is 38.2. The van der Waals surface area contributed by atoms with Crippen LogP contribution in [0.25, 0.3) is 32.3 Å². The second-order valence-corrected chi connectivity index (χ2v) is 19.9. The first kappa shape index (κ1) is 90.2. The number of anilines is 7. The van der Waals surface area contributed by atoms with Crippen molar-refractivity contribution in [2.24, 2.45) is 0 Å². The first-order valence-electron chi connectivity index (χ1n) is 28.2. The number of ether oxygens (including phenoxy) is 3. The number of aliphatic hydroxyl groups excluding tert-OH is 1. The number of pyridine rings is 5. The molecular formula is C62H61BFeN18NaO21Se. The molecule has 543 valence electrons. The topological polar surface area (TPSA) is 645 Å². The standard InChI is InChI=1S/C16H12N4O5.C16H16N4O.C10H7NO3.2C6H7N3O3.C6H7N3O2.C2H4O2.B.Fe.Na.O2Se.H/c17-16-15(20(23)24)10(7-8-18-16)9-25-14-6-5-13(19(21)22)11-3-1-2-4-12(11)14;17-13-5-6-14(12-4-2-1-3-11(12)13)21-9-10-7-8-20-16(19)15(10)18;12-10-6-5-9(11(13)14)7-3-1-2-4-8(7)10;1-12-4-2-3-8-6(7)5(4)9(10)11;7-6-5(9(11)12)4(3-10)1-2-8-6;1-4-2-3-8-6(7)5(4)9(10)11;1-2(3)4;;;;1-3-2;/h1-8H,9H2,(H2,17,18);1-8H,9,17-18H2,(H2,19,20);1-6,12H;2-3H,1H3,(H2,7,8);1-2,10H,3H2,(H2,7,8);2-3H,1H3,(H2,7,8);1H3,(H,3,4);;;;;/q;;;;;;;;;+1;;-1. The molecule has 0 aliphatic heterocycles. The number of carboxylic acid groups (broad SMARTS) is 1. The number of phenols is 1. The molecule has 3 radical (unpaired) electrons. The maximum atomic E-state index is 11.1. The molecule has 11 rings (SSSR count). The van der Waals surface area contributed by atoms with Gasteiger partial charge in [0.1, 0.15) is 36.3 Å². The first-order valence-corrected chi connectivity index (χ1v) is 29.6. The number of aliphatic hydroxyl groups is 1. The molecule has 5 aromatic heterocycles. The van der Waals surface area contributed by atoms with Crippen LogP contribution in [0.1, 0.15) is 30.6 Å². The van der Waals surface area contributed by atoms with Gasteiger partial charge in [-0.2, -0.15) is 0 Å². The number of hydrogen-bond acceptors (Lipinski definition) is 32. The van der Waals surface area contributed by atoms with E-state index in [1.807, 2.05) is 36.4 Å². The molecule has 0 amide bonds. The fraction of sp³-hybridized carbons (Fsp3) is 0.0968. The average Bonchev–Trinajstić information content (AvgIpc) is 0.786. The predicted molar refractivity (Wildman–Crippen MR) is 379 cm³/mol. The van der Waals surface area contributed by atoms with Gasteiger partial charge in [-0.05, 0) is 67.6 Å². The monoisotopic (exact) mass is 1560 g/mol. The van der Waals surface area contributed by atoms with E-state index in [0.29, 0.717) is 51.0 Å². The number of aromatic nitrogens is 5. The molecule has 0 atom stereocenters. The van der Waals surface area contributed by atoms with Gasteiger partial charge >= 0.3 is 74.8 Å². The summed E-state index contributed by atoms with van der Waals surface area (Å²) in [5, 5.41) is 93.5. The van der Waals surface area contributed by atoms with E-state index in [0.717, 1.165) is 34.7 Å². The number of nitro groups is 6. The van der Waals surface area contributed by atoms with E-state index in [1.54, 1.807) is 73.8 Å². The average molecular weight is 1560 g/mol. The minimum atomic E-state index is -1.62. The fourth-order valence-electron chi connectivity index (χ4n) is 8.65. The smallest absolute Gasteiger partial charge is 1.00 e. The van der Waals surface area contributed by atoms with Crippen molar-refractivity contribution in [2.45, 2.75) is 33.7 Å². The summed E-state index contributed by atoms with van der Waals surface area (Å²) in [7, 11) is 1.34. The van der Waals surface area contributed by atoms with E-state index < -0.39 is 56.9 Å². The van der Waals surface area contributed by atoms with E-state index in [1.165, 1.54) is 74.4 Å². The third kappa shape index (κ3) is 25.9. The molecule has 0 aliphatic carbocycles. The van der Waals surface area contributed by atoms with Crippen LogP contribution in [0.3, 0.4) is 0 Å². The van der Waals surface area contributed by atoms with E-state index in [2.05, 4.69) is 24.9 Å². The third-order valence-electron chi connectivity index (χ3n) is 13.2. The molecule has 0 spiro atoms. The van der Waals surface area contributed by atoms with Crippen LogP contribution in [0.4, 0.5) is 74.6 Å². The van der Waals surface area contributed by atoms with Gasteiger partial charge in [0.25, 0.3) is 17.3 Å². The van der Waals surface area contributed by atoms with E-state index >= 15 is 0 Å². The number of phenolic OH excluding ortho intramolecular Hbond substituents is 1. The molecule has 17 N–H and O–H groups in total. The molecule has 0 fully saturated rings. The van der Waals surface area contributed by atoms with Crippen molar-refractivity contribution in [1.29, 1.82) is 0 Å². The zero-order valence-electron chi connectivity index (χ0n) is 56.3. The Hall–Kier alpha value is -12.8. The van der Waals surface area contributed by atoms with Crippen LogP contribution < -0.4 is 83.9 Å². The number of nitrogens with two attached hydrogens (primary N) is 7. The van der Waals surface area contributed by atoms with E-state index in [-0.39, 0.29) is 143 Å². The predicted octanol–water partition coefficient (Wildman–Crippen LogP) is 5.96. The fourth-order valence-corrected chi connectivity index (χ4v) is 8.65. The molecule has 5 heterocycles. The Labute approximate surface area is 634 Å². The van der Waals surface area contributed by atoms with Crippen molar-refractivity contribution in [2.75, 3.05) is 47.2 Å². The molecule has 0 saturated carbocycles. The summed E-state index contributed by atoms with van der Waals surface area (Å²) in [6.07, 6.45) is 7.08. The zero-order chi connectivity index (χ0) is 75.9. The number of fused-ring (bicyclic) bond motifs is 3. The summed E-state index contributed by atoms with van der Waals surface area (Å²) in [5.74, 6) is 0.262. The number of rotatable bonds is 14. The SMILES string of the molecule is CC(=O)O.COc1ccnc(N)c1[N+](=O)[O-].Cc1ccnc(N)c1[N+](=O)[O-].Nc1nccc(CO)c1[N+](=O)[O-].Nc1nccc(COc2ccc(N)c3ccccc23)c1N.Nc1nccc(COc2ccc([N+](=O)[O-])c3ccccc23)c1[N+](=O)[O-].O=[N+]([O-])c1ccc(O)c2ccccc12.O=[Se]=O.[B].[Fe].[H-].[Na+]. The van der Waals surface area contributed by atoms with Gasteiger partial charge in [0.15, 0.2) is 0 Å². The molecule has 0 unspecified atom stereocenters. The summed E-state index contributed by atoms with van der Waals surface area (Å²) < 4.78 is 33.2. The number of non-ortho nitro benzene ring substituents is 2. The number of nitro benzene ring substituents is 2. The van der Waals surface area contributed by atoms with Gasteiger partial charge in [-0.1, -0.05) is 60.7 Å². The number of carbonyl (C=O) groups is 1. The van der Waals surface area contributed by atoms with Gasteiger partial charge in [0, 0.05) is 120 Å². The number of benzene rings is 6. The Morgan fingerprint density at radius 2 is 0.810 bits per heavy atom. The number of carboxylic acids is 1. The Morgan fingerprint density at radius 3 is 1.23 bits per heavy atom. The molecule has 43 heteroatoms. The normalized spacial score (nSPS) is 9.56. The number of hydrogen-bond donors (Lipinski definition) is 10. The van der Waals surface area contributed by atoms with Crippen molar-refractivity contribution in [1.82, 2.24) is 24.9 Å². The summed E-state index contributed by atoms with van der Waals surface area (Å²) in [5.41, 5.74) is 40.8. The van der Waals surface area contributed by atoms with Crippen molar-refractivity contribution >= 4 is 136 Å². The van der Waals surface area contributed by atoms with Crippen LogP contribution in [0.5, 0.6) is 23.0 Å². The molecule has 0 saturated heterocycles. The van der Waals surface area contributed by atoms with Crippen molar-refractivity contribution in [3.63, 3.8) is 0 Å². The van der Waals surface area contributed by atoms with E-state index in [4.69, 9.17) is 77.0 Å². The summed E-state index contributed by atoms with van der Waals surface area (Å²) >= 11 is -1.62. The number of nitrogen functional groups attached to an aromatic ring is 7. The molecule has 0 bridgehead atoms. The Morgan fingerprint density at radius 1 is 0.467 bits per heavy atom. The largest absolute Gasteiger partial charge is 1.00 e. The van der Waals surface area contributed by atoms with Crippen molar-refractivity contribution in [3.05, 3.63) is 253 Å². The number of aromatic hydroxyl groups is 1. The Bertz CT molecular complexity index is 4850. The van der Waals surface area contributed by atoms with Crippen LogP contribution in [0.15, 0.2) is 171 Å². The van der Waals surface area contributed by atoms with Crippen molar-refractivity contribution in [3.8, 4) is 23.0 Å². The second kappa shape index (κ2) is 44.4. The maximum absolute atomic E-state index is 11.1. The molecule has 6 aromatic carbocycles. The van der Waals surface area contributed by atoms with Crippen LogP contribution in [-0.2, 0) is 49.4 Å². The first-order chi connectivity index (χ1) is 48.4. The van der Waals surface area contributed by atoms with Gasteiger partial charge in [-0.3, -0.25) is 65.5 Å². The van der Waals surface area contributed by atoms with Crippen LogP contribution in [0, 0.1) is 67.6 Å². The number of aliphatic carboxylic acids is 1. The van der Waals surface area contributed by atoms with E-state index in [9.17, 15) is 65.8 Å². The summed E-state index contributed by atoms with van der Waals surface area (Å²) in [4.78, 5) is 88.0. The summed E-state index contributed by atoms with van der Waals surface area (Å²) in [6.45, 7) is 2.50. The Balaban J connectivity index is 0.00000125. The zero-order valence-corrected chi connectivity index (χ0v) is 60.1. The maximum Gasteiger partial charge on any atom is 1.00 e. The summed E-state index contributed by atoms with van der Waals surface area (Å²) in [6, 6.07) is 37.9. The van der Waals surface area contributed by atoms with Gasteiger partial charge in [-0.25, -0.2) is 24.9 Å². The van der Waals surface area contributed by atoms with Gasteiger partial charge < -0.3 is 71.1 Å². The quantitative estimate of drug-likeness (QED) is 0.0260. The molecule has 105 heavy (non-hydrogen) atoms. The minimum Gasteiger partial charge on any atom is -1.00 e. The molecule has 0 aliphatic rings. The number of nitrogens with zero attached hydrogens (tertiary/aromatic N) is 11. The molecule has 11 aromatic rings. The second-order valence-electron chi connectivity index (χ2n) is 19.6. The number of methoxy groups -OCH3 is 1. The van der Waals surface area contributed by atoms with Gasteiger partial charge in [0.2, 0.25) is 29.0 Å². The molecular weight excluding hydrogens is 1500 g/mol. The molecule has 39 nitrogen and oxygen atoms in total. The third-order valence-corrected chi connectivity index (χ3v) is 13.2.